The van der Waals surface area contributed by atoms with E-state index in [-0.39, 0.29) is 19.1 Å². The number of hydrogen-bond donors (Lipinski definition) is 1. The first-order valence-corrected chi connectivity index (χ1v) is 10.2. The Morgan fingerprint density at radius 3 is 2.50 bits per heavy atom. The van der Waals surface area contributed by atoms with Crippen LogP contribution in [0.15, 0.2) is 72.8 Å². The Morgan fingerprint density at radius 2 is 1.78 bits per heavy atom. The van der Waals surface area contributed by atoms with E-state index >= 15 is 0 Å². The molecule has 1 amide bonds. The Balaban J connectivity index is 1.43. The number of rotatable bonds is 6. The lowest BCUT2D eigenvalue weighted by molar-refractivity contribution is -0.147. The molecule has 1 N–H and O–H groups in total. The molecule has 1 aliphatic rings. The first-order valence-electron chi connectivity index (χ1n) is 10.2. The number of fused-ring (bicyclic) bond motifs is 1. The number of carbonyl (C=O) groups excluding carboxylic acids is 2. The fourth-order valence-corrected chi connectivity index (χ4v) is 3.36. The molecule has 0 bridgehead atoms. The van der Waals surface area contributed by atoms with E-state index in [2.05, 4.69) is 5.32 Å². The van der Waals surface area contributed by atoms with Gasteiger partial charge in [0.15, 0.2) is 0 Å². The zero-order chi connectivity index (χ0) is 22.5. The van der Waals surface area contributed by atoms with E-state index in [4.69, 9.17) is 14.2 Å². The van der Waals surface area contributed by atoms with Gasteiger partial charge in [-0.2, -0.15) is 0 Å². The fourth-order valence-electron chi connectivity index (χ4n) is 3.36. The van der Waals surface area contributed by atoms with Crippen molar-refractivity contribution in [2.75, 3.05) is 0 Å². The summed E-state index contributed by atoms with van der Waals surface area (Å²) in [6.07, 6.45) is -0.646. The van der Waals surface area contributed by atoms with Crippen LogP contribution in [0, 0.1) is 5.82 Å². The number of benzene rings is 3. The average Bonchev–Trinajstić information content (AvgIpc) is 2.83. The van der Waals surface area contributed by atoms with Crippen molar-refractivity contribution < 1.29 is 28.2 Å². The van der Waals surface area contributed by atoms with Crippen molar-refractivity contribution in [1.82, 2.24) is 5.32 Å². The summed E-state index contributed by atoms with van der Waals surface area (Å²) in [5, 5.41) is 2.60. The molecule has 0 fully saturated rings. The Bertz CT molecular complexity index is 1100. The van der Waals surface area contributed by atoms with Crippen molar-refractivity contribution in [2.24, 2.45) is 0 Å². The van der Waals surface area contributed by atoms with Crippen LogP contribution >= 0.6 is 0 Å². The molecule has 32 heavy (non-hydrogen) atoms. The summed E-state index contributed by atoms with van der Waals surface area (Å²) in [5.41, 5.74) is 2.18. The third-order valence-corrected chi connectivity index (χ3v) is 5.00. The average molecular weight is 435 g/mol. The van der Waals surface area contributed by atoms with Gasteiger partial charge in [-0.1, -0.05) is 48.5 Å². The summed E-state index contributed by atoms with van der Waals surface area (Å²) in [7, 11) is 0. The van der Waals surface area contributed by atoms with E-state index in [1.807, 2.05) is 30.3 Å². The normalized spacial score (nSPS) is 15.8. The number of hydrogen-bond acceptors (Lipinski definition) is 5. The summed E-state index contributed by atoms with van der Waals surface area (Å²) in [6, 6.07) is 19.7. The Labute approximate surface area is 184 Å². The van der Waals surface area contributed by atoms with Crippen LogP contribution in [-0.2, 0) is 27.5 Å². The summed E-state index contributed by atoms with van der Waals surface area (Å²) in [6.45, 7) is 1.49. The molecular formula is C25H22FNO5. The molecule has 0 unspecified atom stereocenters. The first kappa shape index (κ1) is 21.5. The SMILES string of the molecule is C[C@@H](NC(=O)c1ccccc1)C(=O)OCc1cc(F)cc2c1O[C@H](c1ccccc1)OC2. The van der Waals surface area contributed by atoms with E-state index in [9.17, 15) is 14.0 Å². The van der Waals surface area contributed by atoms with Crippen LogP contribution in [0.5, 0.6) is 5.75 Å². The molecule has 0 saturated heterocycles. The second kappa shape index (κ2) is 9.62. The largest absolute Gasteiger partial charge is 0.460 e. The molecule has 0 spiro atoms. The Hall–Kier alpha value is -3.71. The van der Waals surface area contributed by atoms with Crippen LogP contribution < -0.4 is 10.1 Å². The van der Waals surface area contributed by atoms with Gasteiger partial charge in [-0.3, -0.25) is 4.79 Å². The van der Waals surface area contributed by atoms with Gasteiger partial charge in [0, 0.05) is 22.3 Å². The molecular weight excluding hydrogens is 413 g/mol. The van der Waals surface area contributed by atoms with Crippen LogP contribution in [0.4, 0.5) is 4.39 Å². The molecule has 1 heterocycles. The first-order chi connectivity index (χ1) is 15.5. The molecule has 7 heteroatoms. The maximum absolute atomic E-state index is 14.1. The molecule has 4 rings (SSSR count). The van der Waals surface area contributed by atoms with Gasteiger partial charge >= 0.3 is 5.97 Å². The molecule has 3 aromatic carbocycles. The molecule has 3 aromatic rings. The molecule has 1 aliphatic heterocycles. The van der Waals surface area contributed by atoms with Gasteiger partial charge in [0.1, 0.15) is 24.2 Å². The second-order valence-electron chi connectivity index (χ2n) is 7.39. The summed E-state index contributed by atoms with van der Waals surface area (Å²) < 4.78 is 31.1. The Kier molecular flexibility index (Phi) is 6.47. The predicted molar refractivity (Wildman–Crippen MR) is 114 cm³/mol. The predicted octanol–water partition coefficient (Wildman–Crippen LogP) is 4.30. The lowest BCUT2D eigenvalue weighted by Crippen LogP contribution is -2.39. The van der Waals surface area contributed by atoms with Gasteiger partial charge in [0.2, 0.25) is 6.29 Å². The van der Waals surface area contributed by atoms with E-state index < -0.39 is 24.1 Å². The number of ether oxygens (including phenoxy) is 3. The van der Waals surface area contributed by atoms with E-state index in [1.54, 1.807) is 30.3 Å². The molecule has 2 atom stereocenters. The van der Waals surface area contributed by atoms with Gasteiger partial charge < -0.3 is 19.5 Å². The van der Waals surface area contributed by atoms with Crippen LogP contribution in [0.25, 0.3) is 0 Å². The number of nitrogens with one attached hydrogen (secondary N) is 1. The fraction of sp³-hybridized carbons (Fsp3) is 0.200. The highest BCUT2D eigenvalue weighted by molar-refractivity contribution is 5.96. The minimum atomic E-state index is -0.881. The number of carbonyl (C=O) groups is 2. The summed E-state index contributed by atoms with van der Waals surface area (Å²) in [5.74, 6) is -1.07. The smallest absolute Gasteiger partial charge is 0.328 e. The van der Waals surface area contributed by atoms with Gasteiger partial charge in [0.25, 0.3) is 5.91 Å². The molecule has 0 aliphatic carbocycles. The van der Waals surface area contributed by atoms with Crippen molar-refractivity contribution >= 4 is 11.9 Å². The van der Waals surface area contributed by atoms with Gasteiger partial charge in [-0.05, 0) is 31.2 Å². The summed E-state index contributed by atoms with van der Waals surface area (Å²) in [4.78, 5) is 24.7. The number of esters is 1. The second-order valence-corrected chi connectivity index (χ2v) is 7.39. The van der Waals surface area contributed by atoms with Gasteiger partial charge in [0.05, 0.1) is 6.61 Å². The van der Waals surface area contributed by atoms with Crippen LogP contribution in [0.2, 0.25) is 0 Å². The lowest BCUT2D eigenvalue weighted by Gasteiger charge is -2.28. The molecule has 164 valence electrons. The van der Waals surface area contributed by atoms with Crippen LogP contribution in [-0.4, -0.2) is 17.9 Å². The minimum absolute atomic E-state index is 0.164. The molecule has 0 aromatic heterocycles. The van der Waals surface area contributed by atoms with Crippen molar-refractivity contribution in [2.45, 2.75) is 32.5 Å². The zero-order valence-electron chi connectivity index (χ0n) is 17.4. The Morgan fingerprint density at radius 1 is 1.09 bits per heavy atom. The lowest BCUT2D eigenvalue weighted by atomic mass is 10.1. The quantitative estimate of drug-likeness (QED) is 0.585. The molecule has 6 nitrogen and oxygen atoms in total. The van der Waals surface area contributed by atoms with Gasteiger partial charge in [-0.25, -0.2) is 9.18 Å². The molecule has 0 saturated carbocycles. The highest BCUT2D eigenvalue weighted by Gasteiger charge is 2.26. The standard InChI is InChI=1S/C25H22FNO5/c1-16(27-23(28)17-8-4-2-5-9-17)24(29)30-14-19-12-21(26)13-20-15-31-25(32-22(19)20)18-10-6-3-7-11-18/h2-13,16,25H,14-15H2,1H3,(H,27,28)/t16-,25-/m1/s1. The van der Waals surface area contributed by atoms with Gasteiger partial charge in [-0.15, -0.1) is 0 Å². The number of halogens is 1. The van der Waals surface area contributed by atoms with Crippen molar-refractivity contribution in [1.29, 1.82) is 0 Å². The zero-order valence-corrected chi connectivity index (χ0v) is 17.4. The van der Waals surface area contributed by atoms with Crippen LogP contribution in [0.1, 0.15) is 40.3 Å². The monoisotopic (exact) mass is 435 g/mol. The highest BCUT2D eigenvalue weighted by atomic mass is 19.1. The number of amides is 1. The third-order valence-electron chi connectivity index (χ3n) is 5.00. The van der Waals surface area contributed by atoms with Crippen molar-refractivity contribution in [3.63, 3.8) is 0 Å². The van der Waals surface area contributed by atoms with Crippen molar-refractivity contribution in [3.8, 4) is 5.75 Å². The minimum Gasteiger partial charge on any atom is -0.460 e. The van der Waals surface area contributed by atoms with Crippen LogP contribution in [0.3, 0.4) is 0 Å². The topological polar surface area (TPSA) is 73.9 Å². The van der Waals surface area contributed by atoms with Crippen molar-refractivity contribution in [3.05, 3.63) is 101 Å². The highest BCUT2D eigenvalue weighted by Crippen LogP contribution is 2.36. The maximum atomic E-state index is 14.1. The van der Waals surface area contributed by atoms with E-state index in [0.29, 0.717) is 22.4 Å². The molecule has 0 radical (unpaired) electrons. The van der Waals surface area contributed by atoms with E-state index in [1.165, 1.54) is 19.1 Å². The summed E-state index contributed by atoms with van der Waals surface area (Å²) >= 11 is 0. The third kappa shape index (κ3) is 4.95. The maximum Gasteiger partial charge on any atom is 0.328 e. The van der Waals surface area contributed by atoms with E-state index in [0.717, 1.165) is 5.56 Å².